The molecule has 2 rings (SSSR count). The van der Waals surface area contributed by atoms with Crippen molar-refractivity contribution < 1.29 is 0 Å². The van der Waals surface area contributed by atoms with E-state index < -0.39 is 0 Å². The summed E-state index contributed by atoms with van der Waals surface area (Å²) in [5.41, 5.74) is 0.756. The zero-order valence-electron chi connectivity index (χ0n) is 11.8. The molecule has 17 heavy (non-hydrogen) atoms. The van der Waals surface area contributed by atoms with E-state index in [-0.39, 0.29) is 0 Å². The van der Waals surface area contributed by atoms with Gasteiger partial charge in [0, 0.05) is 12.6 Å². The van der Waals surface area contributed by atoms with Crippen LogP contribution in [-0.2, 0) is 0 Å². The maximum atomic E-state index is 3.73. The molecule has 2 aliphatic carbocycles. The molecule has 2 fully saturated rings. The van der Waals surface area contributed by atoms with E-state index in [0.29, 0.717) is 0 Å². The van der Waals surface area contributed by atoms with E-state index >= 15 is 0 Å². The molecule has 0 unspecified atom stereocenters. The third kappa shape index (κ3) is 5.42. The molecule has 0 saturated heterocycles. The molecule has 2 aliphatic rings. The molecular weight excluding hydrogens is 206 g/mol. The van der Waals surface area contributed by atoms with Gasteiger partial charge in [-0.25, -0.2) is 0 Å². The molecule has 0 aromatic rings. The average Bonchev–Trinajstić information content (AvgIpc) is 3.21. The van der Waals surface area contributed by atoms with Gasteiger partial charge in [0.05, 0.1) is 0 Å². The van der Waals surface area contributed by atoms with E-state index in [1.165, 1.54) is 83.6 Å². The van der Waals surface area contributed by atoms with Crippen LogP contribution >= 0.6 is 0 Å². The second-order valence-electron chi connectivity index (χ2n) is 6.53. The number of nitrogens with one attached hydrogen (secondary N) is 1. The number of unbranched alkanes of at least 4 members (excludes halogenated alkanes) is 6. The van der Waals surface area contributed by atoms with Gasteiger partial charge in [-0.1, -0.05) is 51.9 Å². The third-order valence-corrected chi connectivity index (χ3v) is 4.61. The largest absolute Gasteiger partial charge is 0.313 e. The Morgan fingerprint density at radius 2 is 1.59 bits per heavy atom. The molecule has 0 aliphatic heterocycles. The van der Waals surface area contributed by atoms with Crippen LogP contribution < -0.4 is 5.32 Å². The van der Waals surface area contributed by atoms with Crippen LogP contribution in [0.2, 0.25) is 0 Å². The topological polar surface area (TPSA) is 12.0 Å². The summed E-state index contributed by atoms with van der Waals surface area (Å²) in [6.45, 7) is 3.62. The predicted octanol–water partition coefficient (Wildman–Crippen LogP) is 4.66. The van der Waals surface area contributed by atoms with Gasteiger partial charge in [0.2, 0.25) is 0 Å². The molecule has 0 heterocycles. The van der Waals surface area contributed by atoms with Gasteiger partial charge in [-0.3, -0.25) is 0 Å². The first kappa shape index (κ1) is 13.4. The van der Waals surface area contributed by atoms with Crippen molar-refractivity contribution in [3.05, 3.63) is 0 Å². The summed E-state index contributed by atoms with van der Waals surface area (Å²) in [7, 11) is 0. The van der Waals surface area contributed by atoms with Gasteiger partial charge >= 0.3 is 0 Å². The Bertz CT molecular complexity index is 204. The minimum atomic E-state index is 0.756. The summed E-state index contributed by atoms with van der Waals surface area (Å²) in [6.07, 6.45) is 17.6. The Kier molecular flexibility index (Phi) is 5.34. The van der Waals surface area contributed by atoms with Crippen molar-refractivity contribution in [1.29, 1.82) is 0 Å². The molecule has 0 aromatic heterocycles. The van der Waals surface area contributed by atoms with Crippen LogP contribution in [0.15, 0.2) is 0 Å². The molecule has 2 saturated carbocycles. The SMILES string of the molecule is CCCCCCCCCC1(CNC2CC2)CC1. The van der Waals surface area contributed by atoms with Gasteiger partial charge in [-0.15, -0.1) is 0 Å². The normalized spacial score (nSPS) is 21.7. The maximum Gasteiger partial charge on any atom is 0.00684 e. The molecule has 1 nitrogen and oxygen atoms in total. The van der Waals surface area contributed by atoms with Crippen molar-refractivity contribution in [1.82, 2.24) is 5.32 Å². The monoisotopic (exact) mass is 237 g/mol. The molecule has 0 radical (unpaired) electrons. The molecule has 1 N–H and O–H groups in total. The minimum absolute atomic E-state index is 0.756. The van der Waals surface area contributed by atoms with Gasteiger partial charge in [0.15, 0.2) is 0 Å². The lowest BCUT2D eigenvalue weighted by Gasteiger charge is -2.15. The molecule has 0 spiro atoms. The third-order valence-electron chi connectivity index (χ3n) is 4.61. The predicted molar refractivity (Wildman–Crippen MR) is 75.3 cm³/mol. The van der Waals surface area contributed by atoms with Crippen molar-refractivity contribution in [3.8, 4) is 0 Å². The fourth-order valence-electron chi connectivity index (χ4n) is 2.80. The van der Waals surface area contributed by atoms with Gasteiger partial charge in [-0.2, -0.15) is 0 Å². The Morgan fingerprint density at radius 3 is 2.18 bits per heavy atom. The van der Waals surface area contributed by atoms with Crippen LogP contribution in [-0.4, -0.2) is 12.6 Å². The van der Waals surface area contributed by atoms with Crippen LogP contribution in [0.3, 0.4) is 0 Å². The fourth-order valence-corrected chi connectivity index (χ4v) is 2.80. The molecule has 100 valence electrons. The smallest absolute Gasteiger partial charge is 0.00684 e. The Labute approximate surface area is 108 Å². The quantitative estimate of drug-likeness (QED) is 0.515. The van der Waals surface area contributed by atoms with Crippen molar-refractivity contribution in [2.45, 2.75) is 90.0 Å². The molecular formula is C16H31N. The Hall–Kier alpha value is -0.0400. The van der Waals surface area contributed by atoms with E-state index in [0.717, 1.165) is 11.5 Å². The highest BCUT2D eigenvalue weighted by Crippen LogP contribution is 2.49. The van der Waals surface area contributed by atoms with Gasteiger partial charge in [0.1, 0.15) is 0 Å². The van der Waals surface area contributed by atoms with Crippen LogP contribution in [0.4, 0.5) is 0 Å². The molecule has 0 amide bonds. The Morgan fingerprint density at radius 1 is 0.941 bits per heavy atom. The maximum absolute atomic E-state index is 3.73. The molecule has 0 atom stereocenters. The van der Waals surface area contributed by atoms with Crippen molar-refractivity contribution in [2.75, 3.05) is 6.54 Å². The van der Waals surface area contributed by atoms with Crippen LogP contribution in [0, 0.1) is 5.41 Å². The number of hydrogen-bond donors (Lipinski definition) is 1. The summed E-state index contributed by atoms with van der Waals surface area (Å²) in [4.78, 5) is 0. The highest BCUT2D eigenvalue weighted by atomic mass is 15.0. The van der Waals surface area contributed by atoms with E-state index in [4.69, 9.17) is 0 Å². The lowest BCUT2D eigenvalue weighted by Crippen LogP contribution is -2.25. The van der Waals surface area contributed by atoms with Crippen LogP contribution in [0.1, 0.15) is 84.0 Å². The van der Waals surface area contributed by atoms with E-state index in [2.05, 4.69) is 12.2 Å². The standard InChI is InChI=1S/C16H31N/c1-2-3-4-5-6-7-8-11-16(12-13-16)14-17-15-9-10-15/h15,17H,2-14H2,1H3. The lowest BCUT2D eigenvalue weighted by molar-refractivity contribution is 0.401. The first-order valence-electron chi connectivity index (χ1n) is 8.08. The van der Waals surface area contributed by atoms with E-state index in [1.54, 1.807) is 0 Å². The summed E-state index contributed by atoms with van der Waals surface area (Å²) >= 11 is 0. The van der Waals surface area contributed by atoms with Gasteiger partial charge < -0.3 is 5.32 Å². The zero-order chi connectivity index (χ0) is 12.0. The minimum Gasteiger partial charge on any atom is -0.313 e. The summed E-state index contributed by atoms with van der Waals surface area (Å²) < 4.78 is 0. The van der Waals surface area contributed by atoms with Gasteiger partial charge in [0.25, 0.3) is 0 Å². The fraction of sp³-hybridized carbons (Fsp3) is 1.00. The van der Waals surface area contributed by atoms with Crippen LogP contribution in [0.5, 0.6) is 0 Å². The van der Waals surface area contributed by atoms with Crippen LogP contribution in [0.25, 0.3) is 0 Å². The summed E-state index contributed by atoms with van der Waals surface area (Å²) in [5, 5.41) is 3.73. The van der Waals surface area contributed by atoms with Gasteiger partial charge in [-0.05, 0) is 37.5 Å². The summed E-state index contributed by atoms with van der Waals surface area (Å²) in [6, 6.07) is 0.904. The zero-order valence-corrected chi connectivity index (χ0v) is 11.8. The Balaban J connectivity index is 1.41. The lowest BCUT2D eigenvalue weighted by atomic mass is 9.97. The van der Waals surface area contributed by atoms with Crippen molar-refractivity contribution in [3.63, 3.8) is 0 Å². The summed E-state index contributed by atoms with van der Waals surface area (Å²) in [5.74, 6) is 0. The number of hydrogen-bond acceptors (Lipinski definition) is 1. The molecule has 1 heteroatoms. The molecule has 0 aromatic carbocycles. The first-order chi connectivity index (χ1) is 8.35. The van der Waals surface area contributed by atoms with E-state index in [1.807, 2.05) is 0 Å². The first-order valence-corrected chi connectivity index (χ1v) is 8.08. The number of rotatable bonds is 11. The molecule has 0 bridgehead atoms. The van der Waals surface area contributed by atoms with Crippen molar-refractivity contribution >= 4 is 0 Å². The van der Waals surface area contributed by atoms with Crippen molar-refractivity contribution in [2.24, 2.45) is 5.41 Å². The second kappa shape index (κ2) is 6.78. The van der Waals surface area contributed by atoms with E-state index in [9.17, 15) is 0 Å². The average molecular weight is 237 g/mol. The highest BCUT2D eigenvalue weighted by molar-refractivity contribution is 4.96. The highest BCUT2D eigenvalue weighted by Gasteiger charge is 2.42. The second-order valence-corrected chi connectivity index (χ2v) is 6.53.